The zero-order chi connectivity index (χ0) is 19.7. The molecule has 0 aliphatic rings. The van der Waals surface area contributed by atoms with Crippen LogP contribution in [0.3, 0.4) is 0 Å². The number of aliphatic hydroxyl groups excluding tert-OH is 1. The molecule has 0 heterocycles. The van der Waals surface area contributed by atoms with Gasteiger partial charge in [-0.1, -0.05) is 64.7 Å². The third-order valence-electron chi connectivity index (χ3n) is 4.79. The topological polar surface area (TPSA) is 66.4 Å². The summed E-state index contributed by atoms with van der Waals surface area (Å²) in [4.78, 5) is 23.5. The molecule has 0 unspecified atom stereocenters. The number of aliphatic hydroxyl groups is 1. The Morgan fingerprint density at radius 2 is 1.15 bits per heavy atom. The van der Waals surface area contributed by atoms with Crippen LogP contribution >= 0.6 is 0 Å². The number of ketones is 1. The molecular weight excluding hydrogens is 326 g/mol. The molecule has 0 aromatic rings. The zero-order valence-corrected chi connectivity index (χ0v) is 17.6. The monoisotopic (exact) mass is 369 g/mol. The standard InChI is InChI=1S/C22H43NO3/c1-4-5-6-13-16-20(25)17-14-11-9-7-8-10-12-15-18-21(26)23-22(2,3)19-24/h24H,4-19H2,1-3H3,(H,23,26). The first-order valence-corrected chi connectivity index (χ1v) is 10.8. The number of carbonyl (C=O) groups is 2. The van der Waals surface area contributed by atoms with Gasteiger partial charge in [0.05, 0.1) is 12.1 Å². The van der Waals surface area contributed by atoms with Gasteiger partial charge < -0.3 is 10.4 Å². The Bertz CT molecular complexity index is 366. The van der Waals surface area contributed by atoms with E-state index in [1.807, 2.05) is 13.8 Å². The highest BCUT2D eigenvalue weighted by atomic mass is 16.3. The minimum Gasteiger partial charge on any atom is -0.394 e. The second kappa shape index (κ2) is 16.3. The molecule has 0 aromatic heterocycles. The summed E-state index contributed by atoms with van der Waals surface area (Å²) in [6.07, 6.45) is 15.9. The lowest BCUT2D eigenvalue weighted by atomic mass is 10.0. The Balaban J connectivity index is 3.34. The first-order valence-electron chi connectivity index (χ1n) is 10.8. The highest BCUT2D eigenvalue weighted by Gasteiger charge is 2.18. The van der Waals surface area contributed by atoms with Crippen LogP contribution in [0.1, 0.15) is 117 Å². The molecule has 1 amide bonds. The number of hydrogen-bond donors (Lipinski definition) is 2. The van der Waals surface area contributed by atoms with Crippen molar-refractivity contribution >= 4 is 11.7 Å². The molecule has 0 saturated carbocycles. The summed E-state index contributed by atoms with van der Waals surface area (Å²) in [5, 5.41) is 12.0. The number of rotatable bonds is 18. The molecule has 0 aliphatic heterocycles. The maximum Gasteiger partial charge on any atom is 0.220 e. The van der Waals surface area contributed by atoms with Crippen molar-refractivity contribution in [1.82, 2.24) is 5.32 Å². The first-order chi connectivity index (χ1) is 12.4. The third-order valence-corrected chi connectivity index (χ3v) is 4.79. The highest BCUT2D eigenvalue weighted by Crippen LogP contribution is 2.12. The summed E-state index contributed by atoms with van der Waals surface area (Å²) in [6.45, 7) is 5.80. The van der Waals surface area contributed by atoms with Crippen LogP contribution in [0.4, 0.5) is 0 Å². The van der Waals surface area contributed by atoms with Crippen LogP contribution in [0.5, 0.6) is 0 Å². The van der Waals surface area contributed by atoms with Gasteiger partial charge in [0, 0.05) is 19.3 Å². The number of unbranched alkanes of at least 4 members (excludes halogenated alkanes) is 10. The summed E-state index contributed by atoms with van der Waals surface area (Å²) >= 11 is 0. The van der Waals surface area contributed by atoms with Crippen LogP contribution in [-0.2, 0) is 9.59 Å². The summed E-state index contributed by atoms with van der Waals surface area (Å²) in [5.41, 5.74) is -0.520. The lowest BCUT2D eigenvalue weighted by Gasteiger charge is -2.23. The molecule has 0 spiro atoms. The number of Topliss-reactive ketones (excluding diaryl/α,β-unsaturated/α-hetero) is 1. The van der Waals surface area contributed by atoms with E-state index in [0.29, 0.717) is 12.2 Å². The van der Waals surface area contributed by atoms with Gasteiger partial charge in [0.15, 0.2) is 0 Å². The molecule has 26 heavy (non-hydrogen) atoms. The van der Waals surface area contributed by atoms with Crippen molar-refractivity contribution in [2.24, 2.45) is 0 Å². The van der Waals surface area contributed by atoms with Gasteiger partial charge in [-0.3, -0.25) is 9.59 Å². The normalized spacial score (nSPS) is 11.5. The fraction of sp³-hybridized carbons (Fsp3) is 0.909. The van der Waals surface area contributed by atoms with Crippen molar-refractivity contribution in [1.29, 1.82) is 0 Å². The van der Waals surface area contributed by atoms with E-state index in [-0.39, 0.29) is 12.5 Å². The van der Waals surface area contributed by atoms with Crippen molar-refractivity contribution in [3.05, 3.63) is 0 Å². The summed E-state index contributed by atoms with van der Waals surface area (Å²) < 4.78 is 0. The van der Waals surface area contributed by atoms with E-state index in [1.54, 1.807) is 0 Å². The van der Waals surface area contributed by atoms with E-state index in [2.05, 4.69) is 12.2 Å². The lowest BCUT2D eigenvalue weighted by molar-refractivity contribution is -0.123. The molecule has 0 aromatic carbocycles. The molecule has 0 radical (unpaired) electrons. The van der Waals surface area contributed by atoms with Crippen LogP contribution in [-0.4, -0.2) is 28.9 Å². The number of amides is 1. The average molecular weight is 370 g/mol. The van der Waals surface area contributed by atoms with Crippen molar-refractivity contribution < 1.29 is 14.7 Å². The van der Waals surface area contributed by atoms with Crippen LogP contribution in [0.2, 0.25) is 0 Å². The summed E-state index contributed by atoms with van der Waals surface area (Å²) in [7, 11) is 0. The van der Waals surface area contributed by atoms with Crippen LogP contribution < -0.4 is 5.32 Å². The molecule has 0 aliphatic carbocycles. The Morgan fingerprint density at radius 1 is 0.731 bits per heavy atom. The summed E-state index contributed by atoms with van der Waals surface area (Å²) in [6, 6.07) is 0. The van der Waals surface area contributed by atoms with E-state index in [4.69, 9.17) is 5.11 Å². The average Bonchev–Trinajstić information content (AvgIpc) is 2.60. The highest BCUT2D eigenvalue weighted by molar-refractivity contribution is 5.78. The van der Waals surface area contributed by atoms with Crippen molar-refractivity contribution in [2.45, 2.75) is 123 Å². The van der Waals surface area contributed by atoms with Gasteiger partial charge in [0.25, 0.3) is 0 Å². The molecular formula is C22H43NO3. The number of carbonyl (C=O) groups excluding carboxylic acids is 2. The Hall–Kier alpha value is -0.900. The van der Waals surface area contributed by atoms with Crippen LogP contribution in [0.15, 0.2) is 0 Å². The molecule has 0 rings (SSSR count). The molecule has 0 saturated heterocycles. The second-order valence-corrected chi connectivity index (χ2v) is 8.27. The van der Waals surface area contributed by atoms with Gasteiger partial charge in [0.2, 0.25) is 5.91 Å². The fourth-order valence-electron chi connectivity index (χ4n) is 3.02. The Kier molecular flexibility index (Phi) is 15.7. The maximum absolute atomic E-state index is 11.7. The van der Waals surface area contributed by atoms with E-state index < -0.39 is 5.54 Å². The molecule has 0 atom stereocenters. The Labute approximate surface area is 161 Å². The quantitative estimate of drug-likeness (QED) is 0.322. The van der Waals surface area contributed by atoms with Crippen molar-refractivity contribution in [2.75, 3.05) is 6.61 Å². The predicted octanol–water partition coefficient (Wildman–Crippen LogP) is 5.31. The van der Waals surface area contributed by atoms with Gasteiger partial charge in [-0.15, -0.1) is 0 Å². The summed E-state index contributed by atoms with van der Waals surface area (Å²) in [5.74, 6) is 0.479. The predicted molar refractivity (Wildman–Crippen MR) is 109 cm³/mol. The maximum atomic E-state index is 11.7. The molecule has 4 heteroatoms. The largest absolute Gasteiger partial charge is 0.394 e. The van der Waals surface area contributed by atoms with E-state index in [9.17, 15) is 9.59 Å². The van der Waals surface area contributed by atoms with E-state index >= 15 is 0 Å². The minimum absolute atomic E-state index is 0.0309. The fourth-order valence-corrected chi connectivity index (χ4v) is 3.02. The second-order valence-electron chi connectivity index (χ2n) is 8.27. The van der Waals surface area contributed by atoms with Crippen LogP contribution in [0.25, 0.3) is 0 Å². The SMILES string of the molecule is CCCCCCC(=O)CCCCCCCCCCC(=O)NC(C)(C)CO. The molecule has 2 N–H and O–H groups in total. The first kappa shape index (κ1) is 25.1. The van der Waals surface area contributed by atoms with Crippen molar-refractivity contribution in [3.8, 4) is 0 Å². The molecule has 0 fully saturated rings. The molecule has 154 valence electrons. The van der Waals surface area contributed by atoms with E-state index in [1.165, 1.54) is 51.4 Å². The van der Waals surface area contributed by atoms with E-state index in [0.717, 1.165) is 38.5 Å². The Morgan fingerprint density at radius 3 is 1.62 bits per heavy atom. The van der Waals surface area contributed by atoms with Gasteiger partial charge in [0.1, 0.15) is 5.78 Å². The zero-order valence-electron chi connectivity index (χ0n) is 17.6. The van der Waals surface area contributed by atoms with Gasteiger partial charge in [-0.05, 0) is 33.1 Å². The number of nitrogens with one attached hydrogen (secondary N) is 1. The number of hydrogen-bond acceptors (Lipinski definition) is 3. The molecule has 0 bridgehead atoms. The smallest absolute Gasteiger partial charge is 0.220 e. The molecule has 4 nitrogen and oxygen atoms in total. The van der Waals surface area contributed by atoms with Crippen molar-refractivity contribution in [3.63, 3.8) is 0 Å². The van der Waals surface area contributed by atoms with Gasteiger partial charge in [-0.25, -0.2) is 0 Å². The van der Waals surface area contributed by atoms with Gasteiger partial charge in [-0.2, -0.15) is 0 Å². The minimum atomic E-state index is -0.520. The van der Waals surface area contributed by atoms with Gasteiger partial charge >= 0.3 is 0 Å². The van der Waals surface area contributed by atoms with Crippen LogP contribution in [0, 0.1) is 0 Å². The lowest BCUT2D eigenvalue weighted by Crippen LogP contribution is -2.46. The third kappa shape index (κ3) is 16.6.